The number of nitrogens with one attached hydrogen (secondary N) is 1. The molecule has 0 bridgehead atoms. The first kappa shape index (κ1) is 26.9. The second kappa shape index (κ2) is 12.4. The van der Waals surface area contributed by atoms with Crippen LogP contribution in [0.4, 0.5) is 0 Å². The van der Waals surface area contributed by atoms with Crippen molar-refractivity contribution in [2.75, 3.05) is 6.61 Å². The highest BCUT2D eigenvalue weighted by Gasteiger charge is 2.22. The zero-order valence-corrected chi connectivity index (χ0v) is 21.8. The summed E-state index contributed by atoms with van der Waals surface area (Å²) < 4.78 is 3.14. The molecule has 2 aromatic carbocycles. The molecule has 0 fully saturated rings. The van der Waals surface area contributed by atoms with E-state index in [0.717, 1.165) is 16.8 Å². The first-order valence-corrected chi connectivity index (χ1v) is 12.4. The van der Waals surface area contributed by atoms with Crippen molar-refractivity contribution in [3.05, 3.63) is 94.0 Å². The van der Waals surface area contributed by atoms with E-state index in [1.807, 2.05) is 44.2 Å². The van der Waals surface area contributed by atoms with Crippen LogP contribution in [0, 0.1) is 13.8 Å². The quantitative estimate of drug-likeness (QED) is 0.284. The zero-order chi connectivity index (χ0) is 27.1. The summed E-state index contributed by atoms with van der Waals surface area (Å²) in [6, 6.07) is 13.9. The van der Waals surface area contributed by atoms with Crippen molar-refractivity contribution >= 4 is 29.4 Å². The Hall–Kier alpha value is -4.15. The smallest absolute Gasteiger partial charge is 0.244 e. The number of nitrogens with zero attached hydrogens (tertiary/aromatic N) is 6. The molecule has 2 N–H and O–H groups in total. The minimum Gasteiger partial charge on any atom is -0.394 e. The maximum Gasteiger partial charge on any atom is 0.244 e. The van der Waals surface area contributed by atoms with Gasteiger partial charge in [0.25, 0.3) is 0 Å². The summed E-state index contributed by atoms with van der Waals surface area (Å²) in [5.41, 5.74) is 4.74. The molecule has 1 atom stereocenters. The number of Topliss-reactive ketones (excluding diaryl/α,β-unsaturated/α-hetero) is 1. The molecule has 1 unspecified atom stereocenters. The Morgan fingerprint density at radius 3 is 2.63 bits per heavy atom. The van der Waals surface area contributed by atoms with E-state index in [1.165, 1.54) is 17.1 Å². The number of halogens is 1. The molecule has 4 rings (SSSR count). The molecular formula is C27H28ClN7O3. The fourth-order valence-corrected chi connectivity index (χ4v) is 4.19. The number of benzene rings is 2. The van der Waals surface area contributed by atoms with Gasteiger partial charge in [-0.2, -0.15) is 9.78 Å². The number of carbonyl (C=O) groups is 2. The SMILES string of the molecule is Cc1ccc(CC(=O)C(Cc2cc(C)n(CCO)n2)NC(=O)/C=C/c2cc(Cl)ccc2-n2cnnn2)cc1. The van der Waals surface area contributed by atoms with Gasteiger partial charge in [0.2, 0.25) is 5.91 Å². The van der Waals surface area contributed by atoms with Gasteiger partial charge in [0.05, 0.1) is 30.6 Å². The van der Waals surface area contributed by atoms with Crippen LogP contribution < -0.4 is 5.32 Å². The number of tetrazole rings is 1. The van der Waals surface area contributed by atoms with Gasteiger partial charge in [0.1, 0.15) is 6.33 Å². The van der Waals surface area contributed by atoms with Crippen LogP contribution in [0.2, 0.25) is 5.02 Å². The number of amides is 1. The lowest BCUT2D eigenvalue weighted by molar-refractivity contribution is -0.125. The molecule has 0 spiro atoms. The molecule has 10 nitrogen and oxygen atoms in total. The monoisotopic (exact) mass is 533 g/mol. The van der Waals surface area contributed by atoms with E-state index < -0.39 is 11.9 Å². The van der Waals surface area contributed by atoms with E-state index in [9.17, 15) is 14.7 Å². The number of carbonyl (C=O) groups excluding carboxylic acids is 2. The molecule has 2 heterocycles. The van der Waals surface area contributed by atoms with Gasteiger partial charge < -0.3 is 10.4 Å². The van der Waals surface area contributed by atoms with E-state index in [2.05, 4.69) is 25.9 Å². The normalized spacial score (nSPS) is 12.1. The van der Waals surface area contributed by atoms with Crippen molar-refractivity contribution in [2.45, 2.75) is 39.3 Å². The average molecular weight is 534 g/mol. The topological polar surface area (TPSA) is 128 Å². The fraction of sp³-hybridized carbons (Fsp3) is 0.259. The van der Waals surface area contributed by atoms with Crippen LogP contribution in [0.1, 0.15) is 28.1 Å². The van der Waals surface area contributed by atoms with E-state index >= 15 is 0 Å². The number of aliphatic hydroxyl groups is 1. The summed E-state index contributed by atoms with van der Waals surface area (Å²) in [6.45, 7) is 4.17. The minimum atomic E-state index is -0.802. The number of hydrogen-bond acceptors (Lipinski definition) is 7. The zero-order valence-electron chi connectivity index (χ0n) is 21.1. The van der Waals surface area contributed by atoms with Crippen LogP contribution in [-0.2, 0) is 29.0 Å². The van der Waals surface area contributed by atoms with Crippen LogP contribution >= 0.6 is 11.6 Å². The van der Waals surface area contributed by atoms with Gasteiger partial charge in [-0.15, -0.1) is 5.10 Å². The van der Waals surface area contributed by atoms with Gasteiger partial charge in [-0.1, -0.05) is 41.4 Å². The standard InChI is InChI=1S/C27H28ClN7O3/c1-18-3-5-20(6-4-18)14-26(37)24(16-23-13-19(2)34(31-23)11-12-36)30-27(38)10-7-21-15-22(28)8-9-25(21)35-17-29-32-33-35/h3-10,13,15,17,24,36H,11-12,14,16H2,1-2H3,(H,30,38)/b10-7+. The number of aromatic nitrogens is 6. The molecular weight excluding hydrogens is 506 g/mol. The van der Waals surface area contributed by atoms with Crippen LogP contribution in [0.5, 0.6) is 0 Å². The summed E-state index contributed by atoms with van der Waals surface area (Å²) in [6.07, 6.45) is 4.78. The van der Waals surface area contributed by atoms with Crippen molar-refractivity contribution in [2.24, 2.45) is 0 Å². The maximum atomic E-state index is 13.3. The lowest BCUT2D eigenvalue weighted by atomic mass is 9.99. The third-order valence-electron chi connectivity index (χ3n) is 5.96. The molecule has 196 valence electrons. The van der Waals surface area contributed by atoms with Crippen molar-refractivity contribution in [3.8, 4) is 5.69 Å². The fourth-order valence-electron chi connectivity index (χ4n) is 4.01. The van der Waals surface area contributed by atoms with E-state index in [4.69, 9.17) is 11.6 Å². The molecule has 0 aliphatic heterocycles. The lowest BCUT2D eigenvalue weighted by Gasteiger charge is -2.16. The number of ketones is 1. The third-order valence-corrected chi connectivity index (χ3v) is 6.20. The minimum absolute atomic E-state index is 0.0462. The number of hydrogen-bond donors (Lipinski definition) is 2. The summed E-state index contributed by atoms with van der Waals surface area (Å²) in [7, 11) is 0. The number of aryl methyl sites for hydroxylation is 2. The lowest BCUT2D eigenvalue weighted by Crippen LogP contribution is -2.42. The molecule has 0 aliphatic carbocycles. The van der Waals surface area contributed by atoms with Crippen molar-refractivity contribution < 1.29 is 14.7 Å². The Morgan fingerprint density at radius 2 is 1.92 bits per heavy atom. The predicted molar refractivity (Wildman–Crippen MR) is 143 cm³/mol. The summed E-state index contributed by atoms with van der Waals surface area (Å²) in [4.78, 5) is 26.3. The molecule has 11 heteroatoms. The summed E-state index contributed by atoms with van der Waals surface area (Å²) in [5, 5.41) is 28.3. The van der Waals surface area contributed by atoms with Gasteiger partial charge in [0, 0.05) is 35.2 Å². The highest BCUT2D eigenvalue weighted by atomic mass is 35.5. The first-order chi connectivity index (χ1) is 18.3. The predicted octanol–water partition coefficient (Wildman–Crippen LogP) is 2.67. The van der Waals surface area contributed by atoms with Gasteiger partial charge in [0.15, 0.2) is 5.78 Å². The Labute approximate surface area is 224 Å². The van der Waals surface area contributed by atoms with E-state index in [-0.39, 0.29) is 25.2 Å². The first-order valence-electron chi connectivity index (χ1n) is 12.1. The second-order valence-corrected chi connectivity index (χ2v) is 9.35. The molecule has 2 aromatic heterocycles. The van der Waals surface area contributed by atoms with Gasteiger partial charge in [-0.25, -0.2) is 0 Å². The Balaban J connectivity index is 1.54. The number of rotatable bonds is 11. The maximum absolute atomic E-state index is 13.3. The van der Waals surface area contributed by atoms with E-state index in [1.54, 1.807) is 29.0 Å². The molecule has 38 heavy (non-hydrogen) atoms. The van der Waals surface area contributed by atoms with Crippen molar-refractivity contribution in [1.29, 1.82) is 0 Å². The Morgan fingerprint density at radius 1 is 1.13 bits per heavy atom. The molecule has 0 radical (unpaired) electrons. The molecule has 0 saturated heterocycles. The highest BCUT2D eigenvalue weighted by molar-refractivity contribution is 6.30. The molecule has 4 aromatic rings. The summed E-state index contributed by atoms with van der Waals surface area (Å²) >= 11 is 6.17. The Bertz CT molecular complexity index is 1430. The molecule has 0 saturated carbocycles. The second-order valence-electron chi connectivity index (χ2n) is 8.91. The van der Waals surface area contributed by atoms with Crippen molar-refractivity contribution in [1.82, 2.24) is 35.3 Å². The number of aliphatic hydroxyl groups excluding tert-OH is 1. The van der Waals surface area contributed by atoms with Gasteiger partial charge >= 0.3 is 0 Å². The van der Waals surface area contributed by atoms with Crippen LogP contribution in [0.3, 0.4) is 0 Å². The van der Waals surface area contributed by atoms with Crippen LogP contribution in [0.15, 0.2) is 60.9 Å². The highest BCUT2D eigenvalue weighted by Crippen LogP contribution is 2.20. The third kappa shape index (κ3) is 6.99. The molecule has 1 amide bonds. The Kier molecular flexibility index (Phi) is 8.77. The van der Waals surface area contributed by atoms with Crippen LogP contribution in [0.25, 0.3) is 11.8 Å². The average Bonchev–Trinajstić information content (AvgIpc) is 3.54. The van der Waals surface area contributed by atoms with Gasteiger partial charge in [-0.3, -0.25) is 14.3 Å². The molecule has 0 aliphatic rings. The van der Waals surface area contributed by atoms with Crippen molar-refractivity contribution in [3.63, 3.8) is 0 Å². The largest absolute Gasteiger partial charge is 0.394 e. The van der Waals surface area contributed by atoms with Crippen LogP contribution in [-0.4, -0.2) is 59.4 Å². The van der Waals surface area contributed by atoms with Gasteiger partial charge in [-0.05, 0) is 60.2 Å². The van der Waals surface area contributed by atoms with E-state index in [0.29, 0.717) is 28.5 Å². The summed E-state index contributed by atoms with van der Waals surface area (Å²) in [5.74, 6) is -0.580.